The van der Waals surface area contributed by atoms with Crippen molar-refractivity contribution >= 4 is 11.3 Å². The second kappa shape index (κ2) is 6.79. The van der Waals surface area contributed by atoms with E-state index in [0.717, 1.165) is 11.6 Å². The van der Waals surface area contributed by atoms with Crippen LogP contribution >= 0.6 is 11.3 Å². The Morgan fingerprint density at radius 3 is 2.53 bits per heavy atom. The van der Waals surface area contributed by atoms with E-state index in [1.54, 1.807) is 18.4 Å². The summed E-state index contributed by atoms with van der Waals surface area (Å²) >= 11 is 1.74. The molecule has 0 aliphatic heterocycles. The predicted molar refractivity (Wildman–Crippen MR) is 79.6 cm³/mol. The highest BCUT2D eigenvalue weighted by molar-refractivity contribution is 7.11. The van der Waals surface area contributed by atoms with Crippen molar-refractivity contribution in [3.63, 3.8) is 0 Å². The third-order valence-corrected chi connectivity index (χ3v) is 4.43. The minimum absolute atomic E-state index is 0.101. The van der Waals surface area contributed by atoms with E-state index in [-0.39, 0.29) is 17.6 Å². The summed E-state index contributed by atoms with van der Waals surface area (Å²) in [5, 5.41) is 13.7. The molecule has 0 spiro atoms. The van der Waals surface area contributed by atoms with Crippen molar-refractivity contribution in [2.75, 3.05) is 20.3 Å². The summed E-state index contributed by atoms with van der Waals surface area (Å²) in [6.45, 7) is 10.1. The van der Waals surface area contributed by atoms with Gasteiger partial charge in [0.1, 0.15) is 0 Å². The van der Waals surface area contributed by atoms with Crippen LogP contribution in [0.25, 0.3) is 0 Å². The lowest BCUT2D eigenvalue weighted by Crippen LogP contribution is -2.46. The van der Waals surface area contributed by atoms with Gasteiger partial charge in [0.05, 0.1) is 11.6 Å². The fourth-order valence-corrected chi connectivity index (χ4v) is 2.72. The number of thiazole rings is 1. The Balaban J connectivity index is 2.62. The van der Waals surface area contributed by atoms with E-state index < -0.39 is 0 Å². The van der Waals surface area contributed by atoms with Crippen molar-refractivity contribution in [1.29, 1.82) is 0 Å². The SMILES string of the molecule is COCC(C)(CCO)NCc1cnc(C(C)(C)C)s1. The van der Waals surface area contributed by atoms with Gasteiger partial charge in [-0.15, -0.1) is 11.3 Å². The molecule has 0 amide bonds. The number of hydrogen-bond donors (Lipinski definition) is 2. The summed E-state index contributed by atoms with van der Waals surface area (Å²) in [4.78, 5) is 5.69. The summed E-state index contributed by atoms with van der Waals surface area (Å²) in [5.74, 6) is 0. The number of hydrogen-bond acceptors (Lipinski definition) is 5. The molecule has 2 N–H and O–H groups in total. The number of nitrogens with zero attached hydrogens (tertiary/aromatic N) is 1. The molecule has 19 heavy (non-hydrogen) atoms. The molecule has 0 aliphatic rings. The quantitative estimate of drug-likeness (QED) is 0.807. The van der Waals surface area contributed by atoms with Gasteiger partial charge in [0.15, 0.2) is 0 Å². The smallest absolute Gasteiger partial charge is 0.0981 e. The predicted octanol–water partition coefficient (Wildman–Crippen LogP) is 2.32. The van der Waals surface area contributed by atoms with Crippen LogP contribution in [0.15, 0.2) is 6.20 Å². The molecule has 0 saturated carbocycles. The van der Waals surface area contributed by atoms with Gasteiger partial charge in [-0.1, -0.05) is 20.8 Å². The summed E-state index contributed by atoms with van der Waals surface area (Å²) in [6, 6.07) is 0. The Hall–Kier alpha value is -0.490. The third kappa shape index (κ3) is 5.18. The average molecular weight is 286 g/mol. The summed E-state index contributed by atoms with van der Waals surface area (Å²) in [5.41, 5.74) is -0.0980. The number of nitrogens with one attached hydrogen (secondary N) is 1. The molecule has 4 nitrogen and oxygen atoms in total. The molecule has 0 fully saturated rings. The van der Waals surface area contributed by atoms with Gasteiger partial charge >= 0.3 is 0 Å². The van der Waals surface area contributed by atoms with Gasteiger partial charge in [-0.2, -0.15) is 0 Å². The van der Waals surface area contributed by atoms with E-state index in [1.807, 2.05) is 6.20 Å². The van der Waals surface area contributed by atoms with Crippen LogP contribution in [0.1, 0.15) is 44.0 Å². The molecule has 1 aromatic rings. The zero-order valence-corrected chi connectivity index (χ0v) is 13.4. The maximum atomic E-state index is 9.13. The fourth-order valence-electron chi connectivity index (χ4n) is 1.81. The van der Waals surface area contributed by atoms with E-state index in [9.17, 15) is 0 Å². The van der Waals surface area contributed by atoms with Gasteiger partial charge in [0.2, 0.25) is 0 Å². The molecule has 0 aliphatic carbocycles. The van der Waals surface area contributed by atoms with Gasteiger partial charge < -0.3 is 15.2 Å². The highest BCUT2D eigenvalue weighted by Gasteiger charge is 2.24. The second-order valence-electron chi connectivity index (χ2n) is 6.20. The molecule has 1 atom stereocenters. The molecule has 1 unspecified atom stereocenters. The molecule has 1 aromatic heterocycles. The van der Waals surface area contributed by atoms with Crippen LogP contribution in [0.4, 0.5) is 0 Å². The van der Waals surface area contributed by atoms with Crippen LogP contribution in [0.5, 0.6) is 0 Å². The lowest BCUT2D eigenvalue weighted by atomic mass is 9.98. The highest BCUT2D eigenvalue weighted by Crippen LogP contribution is 2.27. The molecular formula is C14H26N2O2S. The Kier molecular flexibility index (Phi) is 5.92. The summed E-state index contributed by atoms with van der Waals surface area (Å²) in [6.07, 6.45) is 2.61. The molecule has 1 heterocycles. The summed E-state index contributed by atoms with van der Waals surface area (Å²) in [7, 11) is 1.68. The van der Waals surface area contributed by atoms with E-state index in [4.69, 9.17) is 9.84 Å². The third-order valence-electron chi connectivity index (χ3n) is 3.01. The van der Waals surface area contributed by atoms with Crippen molar-refractivity contribution in [3.05, 3.63) is 16.1 Å². The van der Waals surface area contributed by atoms with Crippen LogP contribution in [0, 0.1) is 0 Å². The molecule has 0 radical (unpaired) electrons. The Morgan fingerprint density at radius 1 is 1.37 bits per heavy atom. The second-order valence-corrected chi connectivity index (χ2v) is 7.32. The molecule has 110 valence electrons. The normalized spacial score (nSPS) is 15.5. The first-order valence-electron chi connectivity index (χ1n) is 6.61. The van der Waals surface area contributed by atoms with Gasteiger partial charge in [-0.25, -0.2) is 4.98 Å². The van der Waals surface area contributed by atoms with Gasteiger partial charge in [-0.05, 0) is 13.3 Å². The van der Waals surface area contributed by atoms with Crippen molar-refractivity contribution in [2.24, 2.45) is 0 Å². The van der Waals surface area contributed by atoms with Crippen molar-refractivity contribution < 1.29 is 9.84 Å². The van der Waals surface area contributed by atoms with Gasteiger partial charge in [-0.3, -0.25) is 0 Å². The maximum Gasteiger partial charge on any atom is 0.0981 e. The van der Waals surface area contributed by atoms with Gasteiger partial charge in [0.25, 0.3) is 0 Å². The van der Waals surface area contributed by atoms with E-state index in [0.29, 0.717) is 13.0 Å². The van der Waals surface area contributed by atoms with E-state index in [2.05, 4.69) is 38.0 Å². The Bertz CT molecular complexity index is 379. The van der Waals surface area contributed by atoms with Crippen molar-refractivity contribution in [3.8, 4) is 0 Å². The first kappa shape index (κ1) is 16.6. The van der Waals surface area contributed by atoms with E-state index >= 15 is 0 Å². The summed E-state index contributed by atoms with van der Waals surface area (Å²) < 4.78 is 5.22. The Labute approximate surface area is 120 Å². The zero-order valence-electron chi connectivity index (χ0n) is 12.6. The van der Waals surface area contributed by atoms with Crippen LogP contribution < -0.4 is 5.32 Å². The standard InChI is InChI=1S/C14H26N2O2S/c1-13(2,3)12-15-8-11(19-12)9-16-14(4,6-7-17)10-18-5/h8,16-17H,6-7,9-10H2,1-5H3. The van der Waals surface area contributed by atoms with Crippen LogP contribution in [-0.2, 0) is 16.7 Å². The lowest BCUT2D eigenvalue weighted by Gasteiger charge is -2.29. The molecule has 1 rings (SSSR count). The van der Waals surface area contributed by atoms with Crippen molar-refractivity contribution in [1.82, 2.24) is 10.3 Å². The molecule has 5 heteroatoms. The molecular weight excluding hydrogens is 260 g/mol. The monoisotopic (exact) mass is 286 g/mol. The van der Waals surface area contributed by atoms with Crippen molar-refractivity contribution in [2.45, 2.75) is 51.6 Å². The molecule has 0 aromatic carbocycles. The number of methoxy groups -OCH3 is 1. The number of aromatic nitrogens is 1. The maximum absolute atomic E-state index is 9.13. The molecule has 0 saturated heterocycles. The first-order chi connectivity index (χ1) is 8.80. The van der Waals surface area contributed by atoms with Gasteiger partial charge in [0, 0.05) is 42.3 Å². The van der Waals surface area contributed by atoms with Crippen LogP contribution in [0.3, 0.4) is 0 Å². The fraction of sp³-hybridized carbons (Fsp3) is 0.786. The first-order valence-corrected chi connectivity index (χ1v) is 7.42. The largest absolute Gasteiger partial charge is 0.396 e. The number of rotatable bonds is 7. The minimum Gasteiger partial charge on any atom is -0.396 e. The minimum atomic E-state index is -0.199. The van der Waals surface area contributed by atoms with Crippen LogP contribution in [0.2, 0.25) is 0 Å². The average Bonchev–Trinajstić information content (AvgIpc) is 2.75. The Morgan fingerprint density at radius 2 is 2.05 bits per heavy atom. The lowest BCUT2D eigenvalue weighted by molar-refractivity contribution is 0.0971. The number of aliphatic hydroxyl groups excluding tert-OH is 1. The molecule has 0 bridgehead atoms. The number of ether oxygens (including phenoxy) is 1. The van der Waals surface area contributed by atoms with E-state index in [1.165, 1.54) is 4.88 Å². The van der Waals surface area contributed by atoms with Crippen LogP contribution in [-0.4, -0.2) is 36.0 Å². The zero-order chi connectivity index (χ0) is 14.5. The highest BCUT2D eigenvalue weighted by atomic mass is 32.1. The number of aliphatic hydroxyl groups is 1. The topological polar surface area (TPSA) is 54.4 Å².